The molecule has 0 spiro atoms. The smallest absolute Gasteiger partial charge is 0.335 e. The van der Waals surface area contributed by atoms with Gasteiger partial charge in [0.25, 0.3) is 0 Å². The maximum Gasteiger partial charge on any atom is 0.335 e. The van der Waals surface area contributed by atoms with Crippen LogP contribution in [0.2, 0.25) is 0 Å². The van der Waals surface area contributed by atoms with E-state index < -0.39 is 5.97 Å². The second kappa shape index (κ2) is 5.08. The first-order valence-electron chi connectivity index (χ1n) is 6.70. The van der Waals surface area contributed by atoms with Crippen LogP contribution in [0.1, 0.15) is 27.9 Å². The molecule has 2 aliphatic heterocycles. The third kappa shape index (κ3) is 2.67. The monoisotopic (exact) mass is 289 g/mol. The molecule has 0 saturated carbocycles. The van der Waals surface area contributed by atoms with Gasteiger partial charge in [0.1, 0.15) is 0 Å². The molecule has 0 bridgehead atoms. The second-order valence-corrected chi connectivity index (χ2v) is 5.30. The van der Waals surface area contributed by atoms with E-state index in [1.165, 1.54) is 0 Å². The number of aromatic carboxylic acids is 1. The lowest BCUT2D eigenvalue weighted by Gasteiger charge is -2.19. The van der Waals surface area contributed by atoms with E-state index in [4.69, 9.17) is 5.11 Å². The molecule has 110 valence electrons. The Labute approximate surface area is 120 Å². The van der Waals surface area contributed by atoms with Gasteiger partial charge >= 0.3 is 12.0 Å². The number of carbonyl (C=O) groups is 3. The molecule has 7 nitrogen and oxygen atoms in total. The number of benzene rings is 1. The molecule has 3 amide bonds. The zero-order valence-electron chi connectivity index (χ0n) is 11.3. The lowest BCUT2D eigenvalue weighted by molar-refractivity contribution is -0.119. The number of carbonyl (C=O) groups excluding carboxylic acids is 2. The third-order valence-electron chi connectivity index (χ3n) is 3.77. The van der Waals surface area contributed by atoms with E-state index in [-0.39, 0.29) is 23.5 Å². The molecule has 1 atom stereocenters. The molecule has 1 aromatic rings. The van der Waals surface area contributed by atoms with Crippen molar-refractivity contribution in [2.75, 3.05) is 6.54 Å². The number of carboxylic acid groups (broad SMARTS) is 1. The SMILES string of the molecule is O=C1CC(NC(=O)N2Cc3ccc(C(=O)O)cc3C2)CN1. The average molecular weight is 289 g/mol. The van der Waals surface area contributed by atoms with Crippen molar-refractivity contribution in [1.82, 2.24) is 15.5 Å². The number of urea groups is 1. The number of fused-ring (bicyclic) bond motifs is 1. The summed E-state index contributed by atoms with van der Waals surface area (Å²) in [5.74, 6) is -1.03. The van der Waals surface area contributed by atoms with Crippen LogP contribution >= 0.6 is 0 Å². The summed E-state index contributed by atoms with van der Waals surface area (Å²) in [5.41, 5.74) is 2.03. The van der Waals surface area contributed by atoms with Gasteiger partial charge in [-0.2, -0.15) is 0 Å². The predicted molar refractivity (Wildman–Crippen MR) is 72.6 cm³/mol. The van der Waals surface area contributed by atoms with Crippen molar-refractivity contribution < 1.29 is 19.5 Å². The minimum Gasteiger partial charge on any atom is -0.478 e. The summed E-state index contributed by atoms with van der Waals surface area (Å²) in [6.45, 7) is 1.29. The van der Waals surface area contributed by atoms with Gasteiger partial charge in [0.15, 0.2) is 0 Å². The fraction of sp³-hybridized carbons (Fsp3) is 0.357. The molecule has 2 heterocycles. The van der Waals surface area contributed by atoms with E-state index in [1.54, 1.807) is 23.1 Å². The second-order valence-electron chi connectivity index (χ2n) is 5.30. The summed E-state index contributed by atoms with van der Waals surface area (Å²) in [4.78, 5) is 35.8. The van der Waals surface area contributed by atoms with Crippen molar-refractivity contribution in [3.8, 4) is 0 Å². The highest BCUT2D eigenvalue weighted by Gasteiger charge is 2.28. The van der Waals surface area contributed by atoms with Crippen molar-refractivity contribution in [3.05, 3.63) is 34.9 Å². The number of amides is 3. The number of nitrogens with one attached hydrogen (secondary N) is 2. The van der Waals surface area contributed by atoms with Crippen molar-refractivity contribution in [2.45, 2.75) is 25.6 Å². The summed E-state index contributed by atoms with van der Waals surface area (Å²) < 4.78 is 0. The van der Waals surface area contributed by atoms with Crippen LogP contribution in [0.5, 0.6) is 0 Å². The fourth-order valence-corrected chi connectivity index (χ4v) is 2.64. The third-order valence-corrected chi connectivity index (χ3v) is 3.77. The molecule has 3 rings (SSSR count). The zero-order chi connectivity index (χ0) is 15.0. The lowest BCUT2D eigenvalue weighted by atomic mass is 10.1. The minimum atomic E-state index is -0.976. The van der Waals surface area contributed by atoms with Crippen LogP contribution in [-0.4, -0.2) is 40.5 Å². The van der Waals surface area contributed by atoms with Crippen LogP contribution in [0.15, 0.2) is 18.2 Å². The molecule has 7 heteroatoms. The minimum absolute atomic E-state index is 0.0592. The van der Waals surface area contributed by atoms with Crippen molar-refractivity contribution in [1.29, 1.82) is 0 Å². The normalized spacial score (nSPS) is 20.1. The summed E-state index contributed by atoms with van der Waals surface area (Å²) in [5, 5.41) is 14.4. The molecule has 1 saturated heterocycles. The number of rotatable bonds is 2. The molecule has 1 fully saturated rings. The predicted octanol–water partition coefficient (Wildman–Crippen LogP) is 0.299. The zero-order valence-corrected chi connectivity index (χ0v) is 11.3. The number of hydrogen-bond acceptors (Lipinski definition) is 3. The first-order valence-corrected chi connectivity index (χ1v) is 6.70. The van der Waals surface area contributed by atoms with E-state index in [2.05, 4.69) is 10.6 Å². The van der Waals surface area contributed by atoms with Crippen LogP contribution in [0.4, 0.5) is 4.79 Å². The van der Waals surface area contributed by atoms with E-state index in [1.807, 2.05) is 0 Å². The maximum absolute atomic E-state index is 12.2. The van der Waals surface area contributed by atoms with E-state index >= 15 is 0 Å². The number of carboxylic acids is 1. The van der Waals surface area contributed by atoms with Gasteiger partial charge in [-0.25, -0.2) is 9.59 Å². The number of nitrogens with zero attached hydrogens (tertiary/aromatic N) is 1. The van der Waals surface area contributed by atoms with Gasteiger partial charge in [-0.15, -0.1) is 0 Å². The van der Waals surface area contributed by atoms with Gasteiger partial charge in [-0.1, -0.05) is 6.07 Å². The fourth-order valence-electron chi connectivity index (χ4n) is 2.64. The molecule has 0 aliphatic carbocycles. The largest absolute Gasteiger partial charge is 0.478 e. The van der Waals surface area contributed by atoms with Crippen LogP contribution < -0.4 is 10.6 Å². The Morgan fingerprint density at radius 2 is 2.05 bits per heavy atom. The molecule has 2 aliphatic rings. The Morgan fingerprint density at radius 3 is 2.71 bits per heavy atom. The highest BCUT2D eigenvalue weighted by atomic mass is 16.4. The van der Waals surface area contributed by atoms with Gasteiger partial charge in [0.2, 0.25) is 5.91 Å². The molecular weight excluding hydrogens is 274 g/mol. The topological polar surface area (TPSA) is 98.7 Å². The molecule has 0 radical (unpaired) electrons. The van der Waals surface area contributed by atoms with E-state index in [0.29, 0.717) is 26.1 Å². The van der Waals surface area contributed by atoms with E-state index in [9.17, 15) is 14.4 Å². The maximum atomic E-state index is 12.2. The standard InChI is InChI=1S/C14H15N3O4/c18-12-4-11(5-15-12)16-14(21)17-6-9-2-1-8(13(19)20)3-10(9)7-17/h1-3,11H,4-7H2,(H,15,18)(H,16,21)(H,19,20). The summed E-state index contributed by atoms with van der Waals surface area (Å²) in [7, 11) is 0. The Kier molecular flexibility index (Phi) is 3.25. The first kappa shape index (κ1) is 13.4. The molecule has 1 aromatic carbocycles. The van der Waals surface area contributed by atoms with E-state index in [0.717, 1.165) is 11.1 Å². The lowest BCUT2D eigenvalue weighted by Crippen LogP contribution is -2.43. The molecule has 3 N–H and O–H groups in total. The first-order chi connectivity index (χ1) is 10.0. The summed E-state index contributed by atoms with van der Waals surface area (Å²) in [6, 6.07) is 4.48. The van der Waals surface area contributed by atoms with Gasteiger partial charge in [-0.3, -0.25) is 4.79 Å². The van der Waals surface area contributed by atoms with Crippen molar-refractivity contribution in [2.24, 2.45) is 0 Å². The Hall–Kier alpha value is -2.57. The summed E-state index contributed by atoms with van der Waals surface area (Å²) >= 11 is 0. The van der Waals surface area contributed by atoms with Crippen LogP contribution in [0, 0.1) is 0 Å². The molecular formula is C14H15N3O4. The van der Waals surface area contributed by atoms with Crippen molar-refractivity contribution in [3.63, 3.8) is 0 Å². The molecule has 21 heavy (non-hydrogen) atoms. The Bertz CT molecular complexity index is 629. The highest BCUT2D eigenvalue weighted by molar-refractivity contribution is 5.88. The number of hydrogen-bond donors (Lipinski definition) is 3. The van der Waals surface area contributed by atoms with Crippen LogP contribution in [0.25, 0.3) is 0 Å². The van der Waals surface area contributed by atoms with Gasteiger partial charge < -0.3 is 20.6 Å². The van der Waals surface area contributed by atoms with Gasteiger partial charge in [0, 0.05) is 26.1 Å². The van der Waals surface area contributed by atoms with Gasteiger partial charge in [-0.05, 0) is 23.3 Å². The average Bonchev–Trinajstić information content (AvgIpc) is 3.03. The van der Waals surface area contributed by atoms with Crippen LogP contribution in [-0.2, 0) is 17.9 Å². The quantitative estimate of drug-likeness (QED) is 0.729. The van der Waals surface area contributed by atoms with Crippen LogP contribution in [0.3, 0.4) is 0 Å². The highest BCUT2D eigenvalue weighted by Crippen LogP contribution is 2.24. The van der Waals surface area contributed by atoms with Gasteiger partial charge in [0.05, 0.1) is 11.6 Å². The molecule has 0 aromatic heterocycles. The molecule has 1 unspecified atom stereocenters. The Balaban J connectivity index is 1.65. The Morgan fingerprint density at radius 1 is 1.29 bits per heavy atom. The summed E-state index contributed by atoms with van der Waals surface area (Å²) in [6.07, 6.45) is 0.301. The van der Waals surface area contributed by atoms with Crippen molar-refractivity contribution >= 4 is 17.9 Å².